The summed E-state index contributed by atoms with van der Waals surface area (Å²) >= 11 is 0. The van der Waals surface area contributed by atoms with Gasteiger partial charge in [-0.3, -0.25) is 4.98 Å². The first-order chi connectivity index (χ1) is 15.7. The maximum atomic E-state index is 7.15. The van der Waals surface area contributed by atoms with Crippen molar-refractivity contribution in [1.29, 1.82) is 0 Å². The van der Waals surface area contributed by atoms with Crippen molar-refractivity contribution < 1.29 is 14.5 Å². The second-order valence-corrected chi connectivity index (χ2v) is 8.98. The van der Waals surface area contributed by atoms with E-state index in [9.17, 15) is 0 Å². The lowest BCUT2D eigenvalue weighted by atomic mass is 9.68. The van der Waals surface area contributed by atoms with Crippen molar-refractivity contribution >= 4 is 19.9 Å². The quantitative estimate of drug-likeness (QED) is 0.518. The molecule has 2 N–H and O–H groups in total. The number of fused-ring (bicyclic) bond motifs is 4. The second-order valence-electron chi connectivity index (χ2n) is 8.78. The van der Waals surface area contributed by atoms with E-state index in [4.69, 9.17) is 14.5 Å². The van der Waals surface area contributed by atoms with Gasteiger partial charge < -0.3 is 19.4 Å². The number of ether oxygens (including phenoxy) is 1. The third kappa shape index (κ3) is 5.19. The highest BCUT2D eigenvalue weighted by molar-refractivity contribution is 7.23. The Labute approximate surface area is 192 Å². The fourth-order valence-corrected chi connectivity index (χ4v) is 5.61. The predicted octanol–water partition coefficient (Wildman–Crippen LogP) is 4.95. The lowest BCUT2D eigenvalue weighted by molar-refractivity contribution is -0.0931. The molecule has 1 unspecified atom stereocenters. The summed E-state index contributed by atoms with van der Waals surface area (Å²) in [7, 11) is -0.917. The largest absolute Gasteiger partial charge is 0.368 e. The van der Waals surface area contributed by atoms with Crippen LogP contribution in [0.4, 0.5) is 0 Å². The van der Waals surface area contributed by atoms with E-state index in [1.807, 2.05) is 6.20 Å². The third-order valence-electron chi connectivity index (χ3n) is 7.07. The van der Waals surface area contributed by atoms with E-state index in [1.54, 1.807) is 0 Å². The van der Waals surface area contributed by atoms with Gasteiger partial charge in [-0.25, -0.2) is 0 Å². The maximum absolute atomic E-state index is 7.15. The van der Waals surface area contributed by atoms with E-state index in [0.29, 0.717) is 12.5 Å². The number of benzene rings is 2. The highest BCUT2D eigenvalue weighted by atomic mass is 31.1. The fourth-order valence-electron chi connectivity index (χ4n) is 5.61. The Morgan fingerprint density at radius 3 is 2.56 bits per heavy atom. The summed E-state index contributed by atoms with van der Waals surface area (Å²) in [5.41, 5.74) is 3.61. The molecule has 4 heterocycles. The number of rotatable bonds is 6. The van der Waals surface area contributed by atoms with E-state index in [-0.39, 0.29) is 6.10 Å². The van der Waals surface area contributed by atoms with Gasteiger partial charge in [0.1, 0.15) is 9.03 Å². The summed E-state index contributed by atoms with van der Waals surface area (Å²) in [6, 6.07) is 21.3. The number of hydrogen-bond acceptors (Lipinski definition) is 5. The van der Waals surface area contributed by atoms with Crippen molar-refractivity contribution in [3.8, 4) is 0 Å². The van der Waals surface area contributed by atoms with Crippen molar-refractivity contribution in [2.45, 2.75) is 32.5 Å². The van der Waals surface area contributed by atoms with Gasteiger partial charge in [0.2, 0.25) is 0 Å². The number of para-hydroxylation sites is 1. The second kappa shape index (κ2) is 11.3. The lowest BCUT2D eigenvalue weighted by Gasteiger charge is -2.52. The molecule has 5 nitrogen and oxygen atoms in total. The van der Waals surface area contributed by atoms with Crippen LogP contribution < -0.4 is 0 Å². The first-order valence-corrected chi connectivity index (χ1v) is 12.4. The van der Waals surface area contributed by atoms with Crippen LogP contribution in [0.3, 0.4) is 0 Å². The van der Waals surface area contributed by atoms with Crippen molar-refractivity contribution in [2.75, 3.05) is 19.6 Å². The van der Waals surface area contributed by atoms with Gasteiger partial charge in [-0.2, -0.15) is 0 Å². The number of hydrogen-bond donors (Lipinski definition) is 2. The van der Waals surface area contributed by atoms with Crippen LogP contribution in [0.25, 0.3) is 10.9 Å². The Hall–Kier alpha value is -1.88. The monoisotopic (exact) mass is 452 g/mol. The molecule has 0 spiro atoms. The van der Waals surface area contributed by atoms with Crippen LogP contribution in [0.1, 0.15) is 37.0 Å². The molecule has 3 aromatic rings. The summed E-state index contributed by atoms with van der Waals surface area (Å²) < 4.78 is 6.75. The molecule has 0 radical (unpaired) electrons. The van der Waals surface area contributed by atoms with E-state index in [2.05, 4.69) is 77.5 Å². The normalized spacial score (nSPS) is 25.2. The van der Waals surface area contributed by atoms with Gasteiger partial charge in [0.25, 0.3) is 0 Å². The number of piperidine rings is 3. The number of pyridine rings is 1. The molecule has 3 aliphatic heterocycles. The zero-order chi connectivity index (χ0) is 22.3. The van der Waals surface area contributed by atoms with Gasteiger partial charge in [-0.05, 0) is 48.1 Å². The zero-order valence-electron chi connectivity index (χ0n) is 18.6. The molecule has 32 heavy (non-hydrogen) atoms. The number of nitrogens with zero attached hydrogens (tertiary/aromatic N) is 2. The average molecular weight is 453 g/mol. The summed E-state index contributed by atoms with van der Waals surface area (Å²) in [6.07, 6.45) is 4.62. The average Bonchev–Trinajstić information content (AvgIpc) is 2.85. The SMILES string of the molecule is CC[C@H]1CN2CC[C@@H]1[C@H]([C@@H](OCc1ccccc1)c1ccnc3ccccc13)C2.OPO. The number of aromatic nitrogens is 1. The third-order valence-corrected chi connectivity index (χ3v) is 7.07. The fraction of sp³-hybridized carbons (Fsp3) is 0.423. The minimum Gasteiger partial charge on any atom is -0.368 e. The summed E-state index contributed by atoms with van der Waals surface area (Å²) in [6.45, 7) is 6.67. The van der Waals surface area contributed by atoms with Crippen LogP contribution in [0, 0.1) is 17.8 Å². The molecule has 2 aromatic carbocycles. The van der Waals surface area contributed by atoms with Crippen LogP contribution in [0.2, 0.25) is 0 Å². The molecule has 3 fully saturated rings. The molecule has 6 rings (SSSR count). The van der Waals surface area contributed by atoms with E-state index in [1.165, 1.54) is 42.4 Å². The topological polar surface area (TPSA) is 65.8 Å². The van der Waals surface area contributed by atoms with Crippen LogP contribution in [0.5, 0.6) is 0 Å². The standard InChI is InChI=1S/C26H30N2O.H3O2P/c1-2-20-16-28-15-13-21(20)24(17-28)26(29-18-19-8-4-3-5-9-19)23-12-14-27-25-11-7-6-10-22(23)25;1-3-2/h3-12,14,20-21,24,26H,2,13,15-18H2,1H3;1-3H/t20-,21-,24+,26-;/m0./s1. The van der Waals surface area contributed by atoms with Crippen LogP contribution in [0.15, 0.2) is 66.9 Å². The summed E-state index contributed by atoms with van der Waals surface area (Å²) in [5, 5.41) is 1.23. The lowest BCUT2D eigenvalue weighted by Crippen LogP contribution is -2.54. The molecule has 6 heteroatoms. The van der Waals surface area contributed by atoms with Crippen molar-refractivity contribution in [3.05, 3.63) is 78.0 Å². The summed E-state index contributed by atoms with van der Waals surface area (Å²) in [5.74, 6) is 2.08. The van der Waals surface area contributed by atoms with Gasteiger partial charge in [-0.1, -0.05) is 61.9 Å². The minimum absolute atomic E-state index is 0.102. The van der Waals surface area contributed by atoms with E-state index >= 15 is 0 Å². The van der Waals surface area contributed by atoms with Gasteiger partial charge >= 0.3 is 0 Å². The molecular formula is C26H33N2O3P. The Kier molecular flexibility index (Phi) is 8.23. The van der Waals surface area contributed by atoms with Gasteiger partial charge in [0.15, 0.2) is 0 Å². The van der Waals surface area contributed by atoms with Crippen LogP contribution in [-0.2, 0) is 11.3 Å². The minimum atomic E-state index is -0.917. The highest BCUT2D eigenvalue weighted by Crippen LogP contribution is 2.46. The van der Waals surface area contributed by atoms with Gasteiger partial charge in [0, 0.05) is 30.6 Å². The van der Waals surface area contributed by atoms with Gasteiger partial charge in [0.05, 0.1) is 18.2 Å². The Balaban J connectivity index is 0.000000775. The Morgan fingerprint density at radius 2 is 1.81 bits per heavy atom. The van der Waals surface area contributed by atoms with Crippen molar-refractivity contribution in [2.24, 2.45) is 17.8 Å². The predicted molar refractivity (Wildman–Crippen MR) is 130 cm³/mol. The Bertz CT molecular complexity index is 982. The molecule has 2 bridgehead atoms. The first kappa shape index (κ1) is 23.3. The maximum Gasteiger partial charge on any atom is 0.149 e. The van der Waals surface area contributed by atoms with Gasteiger partial charge in [-0.15, -0.1) is 0 Å². The van der Waals surface area contributed by atoms with Crippen LogP contribution >= 0.6 is 9.03 Å². The Morgan fingerprint density at radius 1 is 1.06 bits per heavy atom. The van der Waals surface area contributed by atoms with E-state index in [0.717, 1.165) is 23.9 Å². The summed E-state index contributed by atoms with van der Waals surface area (Å²) in [4.78, 5) is 21.6. The molecular weight excluding hydrogens is 419 g/mol. The molecule has 3 aliphatic rings. The molecule has 0 amide bonds. The zero-order valence-corrected chi connectivity index (χ0v) is 19.6. The highest BCUT2D eigenvalue weighted by Gasteiger charge is 2.44. The van der Waals surface area contributed by atoms with Crippen LogP contribution in [-0.4, -0.2) is 39.3 Å². The van der Waals surface area contributed by atoms with Crippen molar-refractivity contribution in [1.82, 2.24) is 9.88 Å². The molecule has 170 valence electrons. The molecule has 0 aliphatic carbocycles. The molecule has 0 saturated carbocycles. The molecule has 3 saturated heterocycles. The van der Waals surface area contributed by atoms with E-state index < -0.39 is 9.03 Å². The smallest absolute Gasteiger partial charge is 0.149 e. The molecule has 1 aromatic heterocycles. The van der Waals surface area contributed by atoms with Crippen molar-refractivity contribution in [3.63, 3.8) is 0 Å². The first-order valence-electron chi connectivity index (χ1n) is 11.5. The molecule has 5 atom stereocenters.